The second kappa shape index (κ2) is 16.6. The van der Waals surface area contributed by atoms with Crippen LogP contribution in [-0.2, 0) is 4.57 Å². The molecule has 9 rings (SSSR count). The molecule has 0 aliphatic rings. The Hall–Kier alpha value is -5.36. The normalized spacial score (nSPS) is 12.3. The molecule has 8 heteroatoms. The van der Waals surface area contributed by atoms with Gasteiger partial charge in [-0.15, -0.1) is 0 Å². The molecule has 0 spiro atoms. The van der Waals surface area contributed by atoms with Crippen LogP contribution in [0.15, 0.2) is 243 Å². The number of benzene rings is 8. The molecule has 0 aliphatic carbocycles. The van der Waals surface area contributed by atoms with Gasteiger partial charge in [0.25, 0.3) is 0 Å². The predicted molar refractivity (Wildman–Crippen MR) is 258 cm³/mol. The quantitative estimate of drug-likeness (QED) is 0.124. The molecule has 0 atom stereocenters. The van der Waals surface area contributed by atoms with E-state index in [1.165, 1.54) is 0 Å². The number of rotatable bonds is 10. The van der Waals surface area contributed by atoms with Gasteiger partial charge in [0.1, 0.15) is 10.6 Å². The fourth-order valence-electron chi connectivity index (χ4n) is 8.37. The molecule has 9 aromatic carbocycles. The zero-order chi connectivity index (χ0) is 41.2. The average Bonchev–Trinajstić information content (AvgIpc) is 3.33. The van der Waals surface area contributed by atoms with Crippen molar-refractivity contribution in [3.8, 4) is 0 Å². The van der Waals surface area contributed by atoms with Crippen molar-refractivity contribution < 1.29 is 19.2 Å². The number of hydrogen-bond acceptors (Lipinski definition) is 4. The molecule has 0 heterocycles. The van der Waals surface area contributed by atoms with Crippen LogP contribution >= 0.6 is 28.9 Å². The topological polar surface area (TPSA) is 77.8 Å². The summed E-state index contributed by atoms with van der Waals surface area (Å²) in [4.78, 5) is 44.1. The van der Waals surface area contributed by atoms with E-state index in [2.05, 4.69) is 0 Å². The zero-order valence-electron chi connectivity index (χ0n) is 32.6. The van der Waals surface area contributed by atoms with Crippen LogP contribution in [0.4, 0.5) is 0 Å². The average molecular weight is 856 g/mol. The van der Waals surface area contributed by atoms with E-state index in [0.29, 0.717) is 62.9 Å². The monoisotopic (exact) mass is 855 g/mol. The van der Waals surface area contributed by atoms with Crippen LogP contribution in [0.2, 0.25) is 0 Å². The van der Waals surface area contributed by atoms with Crippen LogP contribution in [0.5, 0.6) is 0 Å². The summed E-state index contributed by atoms with van der Waals surface area (Å²) in [6, 6.07) is 76.5. The van der Waals surface area contributed by atoms with Crippen molar-refractivity contribution in [2.75, 3.05) is 0 Å². The molecule has 60 heavy (non-hydrogen) atoms. The van der Waals surface area contributed by atoms with Gasteiger partial charge in [-0.1, -0.05) is 218 Å². The highest BCUT2D eigenvalue weighted by Crippen LogP contribution is 2.62. The molecular weight excluding hydrogens is 812 g/mol. The smallest absolute Gasteiger partial charge is 0.240 e. The fraction of sp³-hybridized carbons (Fsp3) is 0. The summed E-state index contributed by atoms with van der Waals surface area (Å²) < 4.78 is 17.4. The second-order valence-corrected chi connectivity index (χ2v) is 25.5. The third-order valence-electron chi connectivity index (χ3n) is 11.2. The van der Waals surface area contributed by atoms with E-state index in [1.807, 2.05) is 243 Å². The lowest BCUT2D eigenvalue weighted by atomic mass is 10.3. The Balaban J connectivity index is 1.72. The van der Waals surface area contributed by atoms with Crippen LogP contribution in [-0.4, -0.2) is 14.7 Å². The second-order valence-electron chi connectivity index (χ2n) is 14.6. The van der Waals surface area contributed by atoms with Gasteiger partial charge in [0.15, 0.2) is 12.4 Å². The molecular formula is C52H43O4P4+. The first-order valence-corrected chi connectivity index (χ1v) is 26.7. The van der Waals surface area contributed by atoms with Gasteiger partial charge in [-0.25, -0.2) is 4.89 Å². The molecule has 0 fully saturated rings. The van der Waals surface area contributed by atoms with Gasteiger partial charge in [0, 0.05) is 36.8 Å². The first-order chi connectivity index (χ1) is 29.3. The molecule has 0 radical (unpaired) electrons. The van der Waals surface area contributed by atoms with Gasteiger partial charge in [-0.3, -0.25) is 0 Å². The Kier molecular flexibility index (Phi) is 11.1. The third kappa shape index (κ3) is 6.53. The molecule has 3 N–H and O–H groups in total. The lowest BCUT2D eigenvalue weighted by Crippen LogP contribution is -2.48. The van der Waals surface area contributed by atoms with Gasteiger partial charge in [0.2, 0.25) is 7.49 Å². The highest BCUT2D eigenvalue weighted by molar-refractivity contribution is 7.95. The van der Waals surface area contributed by atoms with Crippen LogP contribution in [0.3, 0.4) is 0 Å². The van der Waals surface area contributed by atoms with E-state index in [1.54, 1.807) is 0 Å². The van der Waals surface area contributed by atoms with Crippen molar-refractivity contribution >= 4 is 81.9 Å². The molecule has 4 nitrogen and oxygen atoms in total. The maximum absolute atomic E-state index is 17.4. The van der Waals surface area contributed by atoms with Crippen LogP contribution in [0.25, 0.3) is 0 Å². The summed E-state index contributed by atoms with van der Waals surface area (Å²) in [6.45, 7) is 0. The first kappa shape index (κ1) is 40.1. The molecule has 294 valence electrons. The van der Waals surface area contributed by atoms with Crippen molar-refractivity contribution in [3.63, 3.8) is 0 Å². The Morgan fingerprint density at radius 3 is 0.833 bits per heavy atom. The van der Waals surface area contributed by atoms with Crippen LogP contribution in [0, 0.1) is 9.88 Å². The molecule has 0 saturated carbocycles. The molecule has 9 aromatic rings. The molecule has 0 aliphatic heterocycles. The zero-order valence-corrected chi connectivity index (χ0v) is 36.2. The minimum Gasteiger partial charge on any atom is -0.366 e. The number of hydrogen-bond donors (Lipinski definition) is 3. The standard InChI is InChI=1S/C52H43O4P4/c53-57(41-25-9-1-10-26-41,42-27-11-2-12-28-42)49-50(58(54,43-29-13-3-14-30-43)44-31-15-4-16-32-44)52(60(56,47-37-21-7-22-38-47)48-39-23-8-24-40-48)51(49)59(55,45-33-17-5-18-34-45)46-35-19-6-20-36-46/h1-40,53-55H/q+1. The van der Waals surface area contributed by atoms with Crippen LogP contribution < -0.4 is 53.0 Å². The Morgan fingerprint density at radius 2 is 0.550 bits per heavy atom. The summed E-state index contributed by atoms with van der Waals surface area (Å²) in [5.41, 5.74) is 0. The van der Waals surface area contributed by atoms with E-state index >= 15 is 4.57 Å². The fourth-order valence-corrected chi connectivity index (χ4v) is 23.6. The Bertz CT molecular complexity index is 2910. The summed E-state index contributed by atoms with van der Waals surface area (Å²) in [6.07, 6.45) is 0. The van der Waals surface area contributed by atoms with Gasteiger partial charge < -0.3 is 14.4 Å². The van der Waals surface area contributed by atoms with Crippen molar-refractivity contribution in [2.24, 2.45) is 0 Å². The summed E-state index contributed by atoms with van der Waals surface area (Å²) in [7, 11) is -15.5. The largest absolute Gasteiger partial charge is 0.366 e. The SMILES string of the molecule is O=P(c1ccccc1)(c1ccccc1)c1c([P+](O)(c2ccccc2)c2ccccc2)c(=P(O)(c2ccccc2)c2ccccc2)c1=P(O)(c1ccccc1)c1ccccc1. The Labute approximate surface area is 352 Å². The van der Waals surface area contributed by atoms with Crippen molar-refractivity contribution in [1.29, 1.82) is 0 Å². The van der Waals surface area contributed by atoms with Gasteiger partial charge in [-0.2, -0.15) is 0 Å². The summed E-state index contributed by atoms with van der Waals surface area (Å²) >= 11 is 0. The first-order valence-electron chi connectivity index (χ1n) is 19.8. The lowest BCUT2D eigenvalue weighted by Gasteiger charge is -2.36. The highest BCUT2D eigenvalue weighted by Gasteiger charge is 2.56. The maximum Gasteiger partial charge on any atom is 0.240 e. The molecule has 0 amide bonds. The van der Waals surface area contributed by atoms with Crippen LogP contribution in [0.1, 0.15) is 0 Å². The van der Waals surface area contributed by atoms with Gasteiger partial charge >= 0.3 is 0 Å². The highest BCUT2D eigenvalue weighted by atomic mass is 31.2. The third-order valence-corrected chi connectivity index (χ3v) is 24.6. The predicted octanol–water partition coefficient (Wildman–Crippen LogP) is 7.62. The summed E-state index contributed by atoms with van der Waals surface area (Å²) in [5.74, 6) is 0. The minimum atomic E-state index is -4.04. The molecule has 0 unspecified atom stereocenters. The van der Waals surface area contributed by atoms with Crippen molar-refractivity contribution in [2.45, 2.75) is 0 Å². The van der Waals surface area contributed by atoms with Crippen molar-refractivity contribution in [1.82, 2.24) is 0 Å². The van der Waals surface area contributed by atoms with E-state index in [-0.39, 0.29) is 0 Å². The Morgan fingerprint density at radius 1 is 0.317 bits per heavy atom. The summed E-state index contributed by atoms with van der Waals surface area (Å²) in [5, 5.41) is 5.79. The van der Waals surface area contributed by atoms with E-state index < -0.39 is 28.9 Å². The molecule has 0 saturated heterocycles. The molecule has 0 aromatic heterocycles. The van der Waals surface area contributed by atoms with E-state index in [0.717, 1.165) is 0 Å². The maximum atomic E-state index is 17.4. The van der Waals surface area contributed by atoms with Gasteiger partial charge in [-0.05, 0) is 24.3 Å². The van der Waals surface area contributed by atoms with Crippen molar-refractivity contribution in [3.05, 3.63) is 253 Å². The lowest BCUT2D eigenvalue weighted by molar-refractivity contribution is 0.592. The van der Waals surface area contributed by atoms with Gasteiger partial charge in [0.05, 0.1) is 24.5 Å². The molecule has 0 bridgehead atoms. The van der Waals surface area contributed by atoms with E-state index in [9.17, 15) is 14.7 Å². The van der Waals surface area contributed by atoms with E-state index in [4.69, 9.17) is 0 Å². The minimum absolute atomic E-state index is 0.382.